The van der Waals surface area contributed by atoms with Crippen LogP contribution in [-0.4, -0.2) is 19.4 Å². The van der Waals surface area contributed by atoms with Crippen LogP contribution in [0.25, 0.3) is 0 Å². The van der Waals surface area contributed by atoms with Crippen molar-refractivity contribution in [2.75, 3.05) is 13.7 Å². The summed E-state index contributed by atoms with van der Waals surface area (Å²) in [5.74, 6) is 1.14. The molecular formula is C14H20ClNO2. The predicted molar refractivity (Wildman–Crippen MR) is 74.2 cm³/mol. The predicted octanol–water partition coefficient (Wildman–Crippen LogP) is 2.84. The van der Waals surface area contributed by atoms with Gasteiger partial charge in [-0.1, -0.05) is 24.9 Å². The number of halogens is 1. The van der Waals surface area contributed by atoms with Gasteiger partial charge in [0.25, 0.3) is 0 Å². The number of hydrogen-bond donors (Lipinski definition) is 1. The second kappa shape index (κ2) is 7.39. The Balaban J connectivity index is 2.71. The molecule has 0 aromatic heterocycles. The summed E-state index contributed by atoms with van der Waals surface area (Å²) in [4.78, 5) is 12.0. The Kier molecular flexibility index (Phi) is 6.16. The number of benzene rings is 1. The van der Waals surface area contributed by atoms with Gasteiger partial charge in [0.15, 0.2) is 0 Å². The van der Waals surface area contributed by atoms with Crippen molar-refractivity contribution in [3.63, 3.8) is 0 Å². The smallest absolute Gasteiger partial charge is 0.137 e. The van der Waals surface area contributed by atoms with Gasteiger partial charge in [-0.05, 0) is 30.7 Å². The molecule has 0 radical (unpaired) electrons. The summed E-state index contributed by atoms with van der Waals surface area (Å²) in [6.45, 7) is 2.60. The van der Waals surface area contributed by atoms with Crippen LogP contribution in [0, 0.1) is 5.92 Å². The average molecular weight is 270 g/mol. The fraction of sp³-hybridized carbons (Fsp3) is 0.500. The Morgan fingerprint density at radius 3 is 2.78 bits per heavy atom. The van der Waals surface area contributed by atoms with Gasteiger partial charge in [0, 0.05) is 23.4 Å². The van der Waals surface area contributed by atoms with Crippen LogP contribution in [0.3, 0.4) is 0 Å². The van der Waals surface area contributed by atoms with Crippen molar-refractivity contribution in [3.05, 3.63) is 28.8 Å². The number of carbonyl (C=O) groups is 1. The molecule has 0 aliphatic rings. The summed E-state index contributed by atoms with van der Waals surface area (Å²) in [5.41, 5.74) is 6.44. The lowest BCUT2D eigenvalue weighted by Crippen LogP contribution is -2.18. The lowest BCUT2D eigenvalue weighted by molar-refractivity contribution is -0.119. The number of ketones is 1. The second-order valence-electron chi connectivity index (χ2n) is 4.39. The largest absolute Gasteiger partial charge is 0.496 e. The summed E-state index contributed by atoms with van der Waals surface area (Å²) in [6.07, 6.45) is 1.79. The molecule has 0 aliphatic carbocycles. The number of methoxy groups -OCH3 is 1. The summed E-state index contributed by atoms with van der Waals surface area (Å²) < 4.78 is 5.22. The highest BCUT2D eigenvalue weighted by molar-refractivity contribution is 6.30. The minimum absolute atomic E-state index is 0.174. The molecule has 100 valence electrons. The SMILES string of the molecule is CCC(CN)CC(=O)Cc1cc(Cl)ccc1OC. The highest BCUT2D eigenvalue weighted by atomic mass is 35.5. The zero-order valence-electron chi connectivity index (χ0n) is 10.9. The Labute approximate surface area is 113 Å². The van der Waals surface area contributed by atoms with Gasteiger partial charge in [-0.25, -0.2) is 0 Å². The van der Waals surface area contributed by atoms with E-state index in [-0.39, 0.29) is 11.7 Å². The van der Waals surface area contributed by atoms with Gasteiger partial charge in [-0.15, -0.1) is 0 Å². The zero-order valence-corrected chi connectivity index (χ0v) is 11.7. The molecule has 1 aromatic rings. The average Bonchev–Trinajstić information content (AvgIpc) is 2.36. The highest BCUT2D eigenvalue weighted by Gasteiger charge is 2.13. The van der Waals surface area contributed by atoms with Gasteiger partial charge >= 0.3 is 0 Å². The Hall–Kier alpha value is -1.06. The van der Waals surface area contributed by atoms with E-state index in [1.807, 2.05) is 6.92 Å². The topological polar surface area (TPSA) is 52.3 Å². The van der Waals surface area contributed by atoms with Gasteiger partial charge in [-0.2, -0.15) is 0 Å². The summed E-state index contributed by atoms with van der Waals surface area (Å²) in [5, 5.41) is 0.615. The first-order valence-electron chi connectivity index (χ1n) is 6.14. The van der Waals surface area contributed by atoms with Crippen molar-refractivity contribution in [2.45, 2.75) is 26.2 Å². The van der Waals surface area contributed by atoms with E-state index >= 15 is 0 Å². The van der Waals surface area contributed by atoms with Crippen LogP contribution in [0.4, 0.5) is 0 Å². The fourth-order valence-corrected chi connectivity index (χ4v) is 2.08. The zero-order chi connectivity index (χ0) is 13.5. The lowest BCUT2D eigenvalue weighted by Gasteiger charge is -2.12. The van der Waals surface area contributed by atoms with Gasteiger partial charge in [0.1, 0.15) is 11.5 Å². The van der Waals surface area contributed by atoms with E-state index in [2.05, 4.69) is 0 Å². The van der Waals surface area contributed by atoms with E-state index in [0.29, 0.717) is 30.2 Å². The molecular weight excluding hydrogens is 250 g/mol. The third kappa shape index (κ3) is 4.31. The van der Waals surface area contributed by atoms with Gasteiger partial charge in [0.2, 0.25) is 0 Å². The summed E-state index contributed by atoms with van der Waals surface area (Å²) in [6, 6.07) is 5.32. The van der Waals surface area contributed by atoms with Crippen LogP contribution in [0.5, 0.6) is 5.75 Å². The monoisotopic (exact) mass is 269 g/mol. The first kappa shape index (κ1) is 15.0. The Morgan fingerprint density at radius 1 is 1.50 bits per heavy atom. The first-order valence-corrected chi connectivity index (χ1v) is 6.52. The first-order chi connectivity index (χ1) is 8.60. The number of ether oxygens (including phenoxy) is 1. The molecule has 1 aromatic carbocycles. The maximum Gasteiger partial charge on any atom is 0.137 e. The molecule has 0 spiro atoms. The molecule has 0 fully saturated rings. The van der Waals surface area contributed by atoms with E-state index in [1.54, 1.807) is 25.3 Å². The van der Waals surface area contributed by atoms with E-state index in [0.717, 1.165) is 12.0 Å². The van der Waals surface area contributed by atoms with Crippen LogP contribution in [0.15, 0.2) is 18.2 Å². The normalized spacial score (nSPS) is 12.2. The van der Waals surface area contributed by atoms with Crippen LogP contribution >= 0.6 is 11.6 Å². The number of rotatable bonds is 7. The molecule has 0 amide bonds. The van der Waals surface area contributed by atoms with E-state index in [4.69, 9.17) is 22.1 Å². The molecule has 3 nitrogen and oxygen atoms in total. The second-order valence-corrected chi connectivity index (χ2v) is 4.82. The summed E-state index contributed by atoms with van der Waals surface area (Å²) in [7, 11) is 1.59. The molecule has 0 aliphatic heterocycles. The molecule has 0 saturated carbocycles. The number of nitrogens with two attached hydrogens (primary N) is 1. The maximum atomic E-state index is 12.0. The molecule has 1 unspecified atom stereocenters. The van der Waals surface area contributed by atoms with E-state index < -0.39 is 0 Å². The molecule has 2 N–H and O–H groups in total. The van der Waals surface area contributed by atoms with Crippen molar-refractivity contribution in [1.29, 1.82) is 0 Å². The van der Waals surface area contributed by atoms with Crippen molar-refractivity contribution in [3.8, 4) is 5.75 Å². The maximum absolute atomic E-state index is 12.0. The number of hydrogen-bond acceptors (Lipinski definition) is 3. The molecule has 0 bridgehead atoms. The van der Waals surface area contributed by atoms with Gasteiger partial charge < -0.3 is 10.5 Å². The van der Waals surface area contributed by atoms with Crippen molar-refractivity contribution in [2.24, 2.45) is 11.7 Å². The molecule has 4 heteroatoms. The minimum atomic E-state index is 0.174. The molecule has 1 atom stereocenters. The van der Waals surface area contributed by atoms with Gasteiger partial charge in [0.05, 0.1) is 7.11 Å². The van der Waals surface area contributed by atoms with Gasteiger partial charge in [-0.3, -0.25) is 4.79 Å². The van der Waals surface area contributed by atoms with E-state index in [9.17, 15) is 4.79 Å². The minimum Gasteiger partial charge on any atom is -0.496 e. The standard InChI is InChI=1S/C14H20ClNO2/c1-3-10(9-16)6-13(17)8-11-7-12(15)4-5-14(11)18-2/h4-5,7,10H,3,6,8-9,16H2,1-2H3. The van der Waals surface area contributed by atoms with Crippen molar-refractivity contribution >= 4 is 17.4 Å². The third-order valence-electron chi connectivity index (χ3n) is 3.06. The van der Waals surface area contributed by atoms with Crippen LogP contribution < -0.4 is 10.5 Å². The van der Waals surface area contributed by atoms with Crippen molar-refractivity contribution < 1.29 is 9.53 Å². The Bertz CT molecular complexity index is 403. The molecule has 18 heavy (non-hydrogen) atoms. The molecule has 1 rings (SSSR count). The lowest BCUT2D eigenvalue weighted by atomic mass is 9.96. The van der Waals surface area contributed by atoms with Crippen molar-refractivity contribution in [1.82, 2.24) is 0 Å². The van der Waals surface area contributed by atoms with Crippen LogP contribution in [-0.2, 0) is 11.2 Å². The van der Waals surface area contributed by atoms with Crippen LogP contribution in [0.2, 0.25) is 5.02 Å². The quantitative estimate of drug-likeness (QED) is 0.828. The summed E-state index contributed by atoms with van der Waals surface area (Å²) >= 11 is 5.93. The number of carbonyl (C=O) groups excluding carboxylic acids is 1. The van der Waals surface area contributed by atoms with E-state index in [1.165, 1.54) is 0 Å². The Morgan fingerprint density at radius 2 is 2.22 bits per heavy atom. The molecule has 0 heterocycles. The fourth-order valence-electron chi connectivity index (χ4n) is 1.89. The third-order valence-corrected chi connectivity index (χ3v) is 3.29. The number of Topliss-reactive ketones (excluding diaryl/α,β-unsaturated/α-hetero) is 1. The molecule has 0 saturated heterocycles. The van der Waals surface area contributed by atoms with Crippen LogP contribution in [0.1, 0.15) is 25.3 Å². The highest BCUT2D eigenvalue weighted by Crippen LogP contribution is 2.24.